The number of halogens is 5. The van der Waals surface area contributed by atoms with Gasteiger partial charge in [0.15, 0.2) is 0 Å². The standard InChI is InChI=1S/C29H30BrClF3N3O4S/c1-19(2)16-35-28(39)20(3)36(17-21-8-7-9-23(30)14-21)27(38)18-37(42(40,41)24-10-5-4-6-11-24)26-15-22(29(32,33)34)12-13-25(26)31/h4-15,19-20H,16-18H2,1-3H3,(H,35,39)/t20-/m1/s1. The van der Waals surface area contributed by atoms with E-state index >= 15 is 0 Å². The first-order valence-electron chi connectivity index (χ1n) is 12.9. The molecule has 13 heteroatoms. The second kappa shape index (κ2) is 13.9. The number of carbonyl (C=O) groups excluding carboxylic acids is 2. The summed E-state index contributed by atoms with van der Waals surface area (Å²) in [5, 5.41) is 2.46. The molecule has 0 spiro atoms. The van der Waals surface area contributed by atoms with E-state index in [0.29, 0.717) is 27.0 Å². The Morgan fingerprint density at radius 3 is 2.24 bits per heavy atom. The smallest absolute Gasteiger partial charge is 0.354 e. The molecule has 0 aliphatic carbocycles. The van der Waals surface area contributed by atoms with Crippen LogP contribution in [0.2, 0.25) is 5.02 Å². The van der Waals surface area contributed by atoms with E-state index in [1.165, 1.54) is 36.1 Å². The number of benzene rings is 3. The molecule has 3 rings (SSSR count). The highest BCUT2D eigenvalue weighted by atomic mass is 79.9. The van der Waals surface area contributed by atoms with Crippen LogP contribution >= 0.6 is 27.5 Å². The average molecular weight is 689 g/mol. The summed E-state index contributed by atoms with van der Waals surface area (Å²) >= 11 is 9.63. The lowest BCUT2D eigenvalue weighted by Crippen LogP contribution is -2.51. The van der Waals surface area contributed by atoms with Crippen LogP contribution in [0.1, 0.15) is 31.9 Å². The molecule has 0 radical (unpaired) electrons. The van der Waals surface area contributed by atoms with Gasteiger partial charge < -0.3 is 10.2 Å². The second-order valence-corrected chi connectivity index (χ2v) is 13.1. The van der Waals surface area contributed by atoms with Gasteiger partial charge in [-0.05, 0) is 60.9 Å². The predicted molar refractivity (Wildman–Crippen MR) is 159 cm³/mol. The summed E-state index contributed by atoms with van der Waals surface area (Å²) in [4.78, 5) is 27.9. The summed E-state index contributed by atoms with van der Waals surface area (Å²) in [6.45, 7) is 4.65. The van der Waals surface area contributed by atoms with Gasteiger partial charge in [0.2, 0.25) is 11.8 Å². The Labute approximate surface area is 256 Å². The van der Waals surface area contributed by atoms with Gasteiger partial charge in [-0.2, -0.15) is 13.2 Å². The normalized spacial score (nSPS) is 12.6. The van der Waals surface area contributed by atoms with Crippen LogP contribution < -0.4 is 9.62 Å². The largest absolute Gasteiger partial charge is 0.416 e. The molecular weight excluding hydrogens is 659 g/mol. The highest BCUT2D eigenvalue weighted by molar-refractivity contribution is 9.10. The molecule has 0 saturated heterocycles. The molecule has 42 heavy (non-hydrogen) atoms. The SMILES string of the molecule is CC(C)CNC(=O)[C@@H](C)N(Cc1cccc(Br)c1)C(=O)CN(c1cc(C(F)(F)F)ccc1Cl)S(=O)(=O)c1ccccc1. The molecule has 0 unspecified atom stereocenters. The van der Waals surface area contributed by atoms with Crippen LogP contribution in [0.5, 0.6) is 0 Å². The van der Waals surface area contributed by atoms with Gasteiger partial charge in [-0.15, -0.1) is 0 Å². The zero-order valence-electron chi connectivity index (χ0n) is 23.0. The topological polar surface area (TPSA) is 86.8 Å². The van der Waals surface area contributed by atoms with E-state index in [4.69, 9.17) is 11.6 Å². The number of nitrogens with one attached hydrogen (secondary N) is 1. The maximum absolute atomic E-state index is 13.9. The Bertz CT molecular complexity index is 1520. The zero-order valence-corrected chi connectivity index (χ0v) is 26.2. The van der Waals surface area contributed by atoms with E-state index < -0.39 is 51.9 Å². The van der Waals surface area contributed by atoms with E-state index in [2.05, 4.69) is 21.2 Å². The van der Waals surface area contributed by atoms with Crippen LogP contribution in [0.4, 0.5) is 18.9 Å². The van der Waals surface area contributed by atoms with Crippen molar-refractivity contribution in [3.8, 4) is 0 Å². The summed E-state index contributed by atoms with van der Waals surface area (Å²) in [5.74, 6) is -1.17. The first-order chi connectivity index (χ1) is 19.6. The number of alkyl halides is 3. The van der Waals surface area contributed by atoms with E-state index in [1.54, 1.807) is 30.3 Å². The van der Waals surface area contributed by atoms with Crippen molar-refractivity contribution in [1.29, 1.82) is 0 Å². The first kappa shape index (κ1) is 33.4. The maximum Gasteiger partial charge on any atom is 0.416 e. The third-order valence-corrected chi connectivity index (χ3v) is 8.83. The van der Waals surface area contributed by atoms with Crippen molar-refractivity contribution < 1.29 is 31.2 Å². The van der Waals surface area contributed by atoms with Crippen LogP contribution in [-0.2, 0) is 32.3 Å². The van der Waals surface area contributed by atoms with Crippen molar-refractivity contribution in [2.45, 2.75) is 44.4 Å². The zero-order chi connectivity index (χ0) is 31.2. The molecule has 2 amide bonds. The highest BCUT2D eigenvalue weighted by Gasteiger charge is 2.36. The fourth-order valence-corrected chi connectivity index (χ4v) is 6.14. The fraction of sp³-hybridized carbons (Fsp3) is 0.310. The molecule has 0 saturated carbocycles. The third kappa shape index (κ3) is 8.48. The minimum absolute atomic E-state index is 0.0793. The average Bonchev–Trinajstić information content (AvgIpc) is 2.93. The molecule has 0 aliphatic rings. The molecule has 0 aliphatic heterocycles. The monoisotopic (exact) mass is 687 g/mol. The Morgan fingerprint density at radius 2 is 1.64 bits per heavy atom. The lowest BCUT2D eigenvalue weighted by molar-refractivity contribution is -0.139. The lowest BCUT2D eigenvalue weighted by atomic mass is 10.1. The Morgan fingerprint density at radius 1 is 0.976 bits per heavy atom. The molecule has 3 aromatic rings. The van der Waals surface area contributed by atoms with Crippen LogP contribution in [0.25, 0.3) is 0 Å². The Kier molecular flexibility index (Phi) is 11.1. The lowest BCUT2D eigenvalue weighted by Gasteiger charge is -2.32. The highest BCUT2D eigenvalue weighted by Crippen LogP contribution is 2.37. The summed E-state index contributed by atoms with van der Waals surface area (Å²) in [6, 6.07) is 15.2. The summed E-state index contributed by atoms with van der Waals surface area (Å²) < 4.78 is 69.8. The molecule has 1 atom stereocenters. The predicted octanol–water partition coefficient (Wildman–Crippen LogP) is 6.51. The van der Waals surface area contributed by atoms with Gasteiger partial charge >= 0.3 is 6.18 Å². The van der Waals surface area contributed by atoms with E-state index in [0.717, 1.165) is 12.1 Å². The van der Waals surface area contributed by atoms with Crippen molar-refractivity contribution in [1.82, 2.24) is 10.2 Å². The number of amides is 2. The number of hydrogen-bond acceptors (Lipinski definition) is 4. The molecule has 0 fully saturated rings. The quantitative estimate of drug-likeness (QED) is 0.249. The van der Waals surface area contributed by atoms with Crippen molar-refractivity contribution in [2.24, 2.45) is 5.92 Å². The van der Waals surface area contributed by atoms with Gasteiger partial charge in [0.25, 0.3) is 10.0 Å². The van der Waals surface area contributed by atoms with Crippen LogP contribution in [0.3, 0.4) is 0 Å². The summed E-state index contributed by atoms with van der Waals surface area (Å²) in [6.07, 6.45) is -4.80. The van der Waals surface area contributed by atoms with Crippen molar-refractivity contribution in [3.05, 3.63) is 93.4 Å². The molecule has 0 aromatic heterocycles. The number of sulfonamides is 1. The van der Waals surface area contributed by atoms with Gasteiger partial charge in [0.1, 0.15) is 12.6 Å². The number of rotatable bonds is 11. The second-order valence-electron chi connectivity index (χ2n) is 9.96. The Hall–Kier alpha value is -3.09. The van der Waals surface area contributed by atoms with Gasteiger partial charge in [-0.1, -0.05) is 71.7 Å². The number of carbonyl (C=O) groups is 2. The third-order valence-electron chi connectivity index (χ3n) is 6.25. The first-order valence-corrected chi connectivity index (χ1v) is 15.5. The summed E-state index contributed by atoms with van der Waals surface area (Å²) in [7, 11) is -4.59. The molecule has 0 heterocycles. The molecule has 226 valence electrons. The van der Waals surface area contributed by atoms with E-state index in [-0.39, 0.29) is 22.4 Å². The fourth-order valence-electron chi connectivity index (χ4n) is 3.98. The van der Waals surface area contributed by atoms with Gasteiger partial charge in [0, 0.05) is 17.6 Å². The van der Waals surface area contributed by atoms with Gasteiger partial charge in [-0.25, -0.2) is 8.42 Å². The van der Waals surface area contributed by atoms with E-state index in [9.17, 15) is 31.2 Å². The van der Waals surface area contributed by atoms with Crippen LogP contribution in [0, 0.1) is 5.92 Å². The maximum atomic E-state index is 13.9. The molecule has 1 N–H and O–H groups in total. The van der Waals surface area contributed by atoms with Crippen LogP contribution in [0.15, 0.2) is 82.2 Å². The summed E-state index contributed by atoms with van der Waals surface area (Å²) in [5.41, 5.74) is -1.03. The molecule has 0 bridgehead atoms. The number of anilines is 1. The van der Waals surface area contributed by atoms with Gasteiger partial charge in [-0.3, -0.25) is 13.9 Å². The number of hydrogen-bond donors (Lipinski definition) is 1. The van der Waals surface area contributed by atoms with Crippen molar-refractivity contribution >= 4 is 55.1 Å². The molecule has 7 nitrogen and oxygen atoms in total. The van der Waals surface area contributed by atoms with Crippen molar-refractivity contribution in [2.75, 3.05) is 17.4 Å². The molecular formula is C29H30BrClF3N3O4S. The number of nitrogens with zero attached hydrogens (tertiary/aromatic N) is 2. The van der Waals surface area contributed by atoms with Crippen LogP contribution in [-0.4, -0.2) is 44.3 Å². The van der Waals surface area contributed by atoms with E-state index in [1.807, 2.05) is 13.8 Å². The van der Waals surface area contributed by atoms with Gasteiger partial charge in [0.05, 0.1) is 21.2 Å². The van der Waals surface area contributed by atoms with Crippen molar-refractivity contribution in [3.63, 3.8) is 0 Å². The minimum atomic E-state index is -4.80. The minimum Gasteiger partial charge on any atom is -0.354 e. The Balaban J connectivity index is 2.11. The molecule has 3 aromatic carbocycles.